The van der Waals surface area contributed by atoms with E-state index in [1.54, 1.807) is 13.2 Å². The average Bonchev–Trinajstić information content (AvgIpc) is 3.36. The van der Waals surface area contributed by atoms with Crippen molar-refractivity contribution in [2.24, 2.45) is 0 Å². The predicted octanol–water partition coefficient (Wildman–Crippen LogP) is 5.76. The third-order valence-electron chi connectivity index (χ3n) is 10.3. The molecule has 1 spiro atoms. The number of aromatic nitrogens is 1. The molecule has 2 aliphatic carbocycles. The van der Waals surface area contributed by atoms with Gasteiger partial charge in [-0.1, -0.05) is 25.3 Å². The molecule has 2 aliphatic heterocycles. The molecule has 4 aliphatic rings. The van der Waals surface area contributed by atoms with Crippen LogP contribution in [0.5, 0.6) is 5.75 Å². The van der Waals surface area contributed by atoms with Gasteiger partial charge in [-0.25, -0.2) is 9.52 Å². The van der Waals surface area contributed by atoms with Gasteiger partial charge in [0.2, 0.25) is 0 Å². The number of nitrogens with one attached hydrogen (secondary N) is 1. The molecular weight excluding hydrogens is 592 g/mol. The summed E-state index contributed by atoms with van der Waals surface area (Å²) < 4.78 is 42.1. The van der Waals surface area contributed by atoms with Gasteiger partial charge in [0.05, 0.1) is 24.4 Å². The van der Waals surface area contributed by atoms with E-state index in [0.29, 0.717) is 12.5 Å². The van der Waals surface area contributed by atoms with Crippen LogP contribution >= 0.6 is 0 Å². The van der Waals surface area contributed by atoms with E-state index in [2.05, 4.69) is 21.4 Å². The normalized spacial score (nSPS) is 24.1. The quantitative estimate of drug-likeness (QED) is 0.358. The second-order valence-electron chi connectivity index (χ2n) is 14.2. The van der Waals surface area contributed by atoms with Crippen LogP contribution in [-0.2, 0) is 21.5 Å². The van der Waals surface area contributed by atoms with Crippen molar-refractivity contribution in [2.75, 3.05) is 21.2 Å². The number of carbonyl (C=O) groups is 2. The highest BCUT2D eigenvalue weighted by molar-refractivity contribution is 7.87. The molecule has 11 heteroatoms. The van der Waals surface area contributed by atoms with Crippen molar-refractivity contribution in [3.05, 3.63) is 53.1 Å². The molecule has 0 radical (unpaired) electrons. The minimum atomic E-state index is -3.97. The van der Waals surface area contributed by atoms with Crippen LogP contribution in [0.25, 0.3) is 22.2 Å². The number of methoxy groups -OCH3 is 1. The van der Waals surface area contributed by atoms with Crippen LogP contribution in [0.2, 0.25) is 0 Å². The van der Waals surface area contributed by atoms with E-state index in [9.17, 15) is 18.0 Å². The van der Waals surface area contributed by atoms with Gasteiger partial charge in [0.15, 0.2) is 0 Å². The molecule has 45 heavy (non-hydrogen) atoms. The fourth-order valence-corrected chi connectivity index (χ4v) is 8.69. The molecule has 3 aromatic rings. The Labute approximate surface area is 264 Å². The molecule has 3 atom stereocenters. The third kappa shape index (κ3) is 4.64. The van der Waals surface area contributed by atoms with Crippen molar-refractivity contribution in [3.8, 4) is 17.0 Å². The van der Waals surface area contributed by atoms with Crippen molar-refractivity contribution >= 4 is 33.1 Å². The maximum absolute atomic E-state index is 13.6. The summed E-state index contributed by atoms with van der Waals surface area (Å²) in [5, 5.41) is 1.07. The number of carbonyl (C=O) groups excluding carboxylic acids is 2. The van der Waals surface area contributed by atoms with Gasteiger partial charge >= 0.3 is 16.3 Å². The summed E-state index contributed by atoms with van der Waals surface area (Å²) in [4.78, 5) is 28.8. The van der Waals surface area contributed by atoms with Crippen molar-refractivity contribution < 1.29 is 27.5 Å². The molecule has 3 heterocycles. The van der Waals surface area contributed by atoms with Gasteiger partial charge in [-0.2, -0.15) is 12.7 Å². The number of hydrogen-bond donors (Lipinski definition) is 1. The van der Waals surface area contributed by atoms with Gasteiger partial charge < -0.3 is 14.0 Å². The number of ether oxygens (including phenoxy) is 2. The second-order valence-corrected chi connectivity index (χ2v) is 16.1. The molecule has 2 aromatic carbocycles. The van der Waals surface area contributed by atoms with Crippen LogP contribution in [-0.4, -0.2) is 72.6 Å². The van der Waals surface area contributed by atoms with E-state index in [4.69, 9.17) is 9.47 Å². The second kappa shape index (κ2) is 10.2. The number of hydrogen-bond acceptors (Lipinski definition) is 6. The standard InChI is InChI=1S/C34H42N4O6S/c1-33(2,3)44-32(40)38-28-18-26-25-17-22(43-6)13-15-23(25)30-29(20-10-8-7-9-11-20)24-14-12-21(31(39)35-45(41,42)36(4)5)16-27(24)37(30)19-34(26,28)38/h12-17,20,26,28H,7-11,18-19H2,1-6H3,(H,35,39)/t26-,28?,34-,38?/m1/s1. The Bertz CT molecular complexity index is 1830. The zero-order valence-electron chi connectivity index (χ0n) is 26.8. The number of amides is 2. The molecular formula is C34H42N4O6S. The molecule has 10 nitrogen and oxygen atoms in total. The highest BCUT2D eigenvalue weighted by atomic mass is 32.2. The fourth-order valence-electron chi connectivity index (χ4n) is 8.15. The van der Waals surface area contributed by atoms with E-state index >= 15 is 0 Å². The molecule has 2 amide bonds. The lowest BCUT2D eigenvalue weighted by molar-refractivity contribution is 0.0375. The fraction of sp³-hybridized carbons (Fsp3) is 0.529. The highest BCUT2D eigenvalue weighted by Gasteiger charge is 2.78. The maximum Gasteiger partial charge on any atom is 0.411 e. The minimum Gasteiger partial charge on any atom is -0.497 e. The van der Waals surface area contributed by atoms with E-state index in [0.717, 1.165) is 64.3 Å². The summed E-state index contributed by atoms with van der Waals surface area (Å²) in [5.41, 5.74) is 4.77. The largest absolute Gasteiger partial charge is 0.497 e. The van der Waals surface area contributed by atoms with Gasteiger partial charge in [-0.05, 0) is 87.4 Å². The first-order valence-corrected chi connectivity index (χ1v) is 17.3. The smallest absolute Gasteiger partial charge is 0.411 e. The van der Waals surface area contributed by atoms with Crippen molar-refractivity contribution in [1.29, 1.82) is 0 Å². The Morgan fingerprint density at radius 1 is 1.04 bits per heavy atom. The van der Waals surface area contributed by atoms with Crippen LogP contribution in [0, 0.1) is 0 Å². The van der Waals surface area contributed by atoms with Crippen LogP contribution < -0.4 is 9.46 Å². The lowest BCUT2D eigenvalue weighted by atomic mass is 9.68. The molecule has 0 bridgehead atoms. The van der Waals surface area contributed by atoms with Crippen molar-refractivity contribution in [1.82, 2.24) is 18.5 Å². The molecule has 1 unspecified atom stereocenters. The Morgan fingerprint density at radius 3 is 2.44 bits per heavy atom. The number of benzene rings is 2. The first-order chi connectivity index (χ1) is 21.3. The van der Waals surface area contributed by atoms with Crippen LogP contribution in [0.15, 0.2) is 36.4 Å². The molecule has 1 saturated heterocycles. The van der Waals surface area contributed by atoms with Gasteiger partial charge in [0.25, 0.3) is 5.91 Å². The van der Waals surface area contributed by atoms with Crippen LogP contribution in [0.4, 0.5) is 4.79 Å². The van der Waals surface area contributed by atoms with Gasteiger partial charge in [-0.15, -0.1) is 0 Å². The number of fused-ring (bicyclic) bond motifs is 6. The minimum absolute atomic E-state index is 0.0506. The molecule has 240 valence electrons. The van der Waals surface area contributed by atoms with Gasteiger partial charge in [0, 0.05) is 48.6 Å². The zero-order chi connectivity index (χ0) is 32.1. The van der Waals surface area contributed by atoms with E-state index in [1.807, 2.05) is 43.9 Å². The zero-order valence-corrected chi connectivity index (χ0v) is 27.7. The maximum atomic E-state index is 13.6. The summed E-state index contributed by atoms with van der Waals surface area (Å²) in [6, 6.07) is 11.9. The lowest BCUT2D eigenvalue weighted by Crippen LogP contribution is -2.40. The summed E-state index contributed by atoms with van der Waals surface area (Å²) in [6.07, 6.45) is 6.26. The SMILES string of the molecule is COc1ccc2c(c1)[C@H]1CC3N(C(=O)OC(C)(C)C)[C@@]31Cn1c-2c(C2CCCCC2)c2ccc(C(=O)NS(=O)(=O)N(C)C)cc21. The van der Waals surface area contributed by atoms with Crippen LogP contribution in [0.3, 0.4) is 0 Å². The predicted molar refractivity (Wildman–Crippen MR) is 172 cm³/mol. The first-order valence-electron chi connectivity index (χ1n) is 15.9. The molecule has 1 aromatic heterocycles. The summed E-state index contributed by atoms with van der Waals surface area (Å²) in [7, 11) is 0.471. The Balaban J connectivity index is 1.44. The van der Waals surface area contributed by atoms with Gasteiger partial charge in [-0.3, -0.25) is 9.69 Å². The molecule has 1 N–H and O–H groups in total. The van der Waals surface area contributed by atoms with E-state index < -0.39 is 27.3 Å². The number of likely N-dealkylation sites (tertiary alicyclic amines) is 1. The molecule has 2 saturated carbocycles. The third-order valence-corrected chi connectivity index (χ3v) is 11.7. The average molecular weight is 635 g/mol. The molecule has 7 rings (SSSR count). The summed E-state index contributed by atoms with van der Waals surface area (Å²) >= 11 is 0. The van der Waals surface area contributed by atoms with Gasteiger partial charge in [0.1, 0.15) is 11.4 Å². The number of nitrogens with zero attached hydrogens (tertiary/aromatic N) is 3. The first kappa shape index (κ1) is 30.1. The Hall–Kier alpha value is -3.57. The summed E-state index contributed by atoms with van der Waals surface area (Å²) in [5.74, 6) is 0.553. The van der Waals surface area contributed by atoms with Crippen molar-refractivity contribution in [3.63, 3.8) is 0 Å². The monoisotopic (exact) mass is 634 g/mol. The van der Waals surface area contributed by atoms with Crippen LogP contribution in [0.1, 0.15) is 92.6 Å². The lowest BCUT2D eigenvalue weighted by Gasteiger charge is -2.33. The van der Waals surface area contributed by atoms with E-state index in [-0.39, 0.29) is 23.6 Å². The topological polar surface area (TPSA) is 110 Å². The molecule has 3 fully saturated rings. The highest BCUT2D eigenvalue weighted by Crippen LogP contribution is 2.69. The Kier molecular flexibility index (Phi) is 6.84. The Morgan fingerprint density at radius 2 is 1.78 bits per heavy atom. The van der Waals surface area contributed by atoms with E-state index in [1.165, 1.54) is 31.6 Å². The summed E-state index contributed by atoms with van der Waals surface area (Å²) in [6.45, 7) is 6.21. The van der Waals surface area contributed by atoms with Crippen molar-refractivity contribution in [2.45, 2.75) is 94.9 Å². The number of rotatable bonds is 5.